The molecule has 0 heterocycles. The van der Waals surface area contributed by atoms with Crippen LogP contribution in [-0.2, 0) is 0 Å². The number of rotatable bonds is 12. The Bertz CT molecular complexity index is 148. The summed E-state index contributed by atoms with van der Waals surface area (Å²) in [5.41, 5.74) is 0. The van der Waals surface area contributed by atoms with Crippen LogP contribution < -0.4 is 0 Å². The minimum Gasteiger partial charge on any atom is -0.393 e. The maximum atomic E-state index is 9.76. The molecule has 0 aliphatic heterocycles. The second kappa shape index (κ2) is 12.4. The number of aliphatic hydroxyl groups excluding tert-OH is 2. The lowest BCUT2D eigenvalue weighted by Crippen LogP contribution is -2.12. The van der Waals surface area contributed by atoms with Crippen molar-refractivity contribution in [1.29, 1.82) is 0 Å². The molecule has 0 aromatic carbocycles. The summed E-state index contributed by atoms with van der Waals surface area (Å²) < 4.78 is 0. The topological polar surface area (TPSA) is 40.5 Å². The van der Waals surface area contributed by atoms with E-state index in [-0.39, 0.29) is 12.2 Å². The maximum Gasteiger partial charge on any atom is 0.0541 e. The second-order valence-electron chi connectivity index (χ2n) is 5.23. The second-order valence-corrected chi connectivity index (χ2v) is 5.23. The van der Waals surface area contributed by atoms with Gasteiger partial charge in [0.1, 0.15) is 0 Å². The third kappa shape index (κ3) is 12.2. The lowest BCUT2D eigenvalue weighted by molar-refractivity contribution is 0.102. The van der Waals surface area contributed by atoms with Crippen LogP contribution in [0.2, 0.25) is 0 Å². The van der Waals surface area contributed by atoms with Crippen LogP contribution in [0.4, 0.5) is 0 Å². The summed E-state index contributed by atoms with van der Waals surface area (Å²) in [5.74, 6) is 0. The van der Waals surface area contributed by atoms with E-state index in [1.807, 2.05) is 0 Å². The highest BCUT2D eigenvalue weighted by Crippen LogP contribution is 2.13. The molecule has 0 radical (unpaired) electrons. The van der Waals surface area contributed by atoms with Crippen LogP contribution in [0.1, 0.15) is 84.5 Å². The van der Waals surface area contributed by atoms with Crippen molar-refractivity contribution >= 4 is 0 Å². The zero-order chi connectivity index (χ0) is 12.9. The van der Waals surface area contributed by atoms with Gasteiger partial charge in [-0.15, -0.1) is 0 Å². The van der Waals surface area contributed by atoms with E-state index in [9.17, 15) is 10.2 Å². The van der Waals surface area contributed by atoms with Crippen LogP contribution in [0.3, 0.4) is 0 Å². The summed E-state index contributed by atoms with van der Waals surface area (Å²) in [6.07, 6.45) is 11.5. The zero-order valence-corrected chi connectivity index (χ0v) is 11.8. The van der Waals surface area contributed by atoms with Crippen LogP contribution in [0.5, 0.6) is 0 Å². The van der Waals surface area contributed by atoms with Gasteiger partial charge in [0.05, 0.1) is 12.2 Å². The lowest BCUT2D eigenvalue weighted by atomic mass is 10.0. The summed E-state index contributed by atoms with van der Waals surface area (Å²) in [6, 6.07) is 0. The van der Waals surface area contributed by atoms with Crippen molar-refractivity contribution in [3.63, 3.8) is 0 Å². The SMILES string of the molecule is CCCCCCCCC(O)CCC(O)CCC. The highest BCUT2D eigenvalue weighted by atomic mass is 16.3. The normalized spacial score (nSPS) is 14.8. The fourth-order valence-electron chi connectivity index (χ4n) is 2.17. The molecule has 2 nitrogen and oxygen atoms in total. The first-order valence-electron chi connectivity index (χ1n) is 7.56. The van der Waals surface area contributed by atoms with Gasteiger partial charge in [0, 0.05) is 0 Å². The Kier molecular flexibility index (Phi) is 12.3. The fraction of sp³-hybridized carbons (Fsp3) is 1.00. The summed E-state index contributed by atoms with van der Waals surface area (Å²) >= 11 is 0. The van der Waals surface area contributed by atoms with Crippen LogP contribution in [0.15, 0.2) is 0 Å². The summed E-state index contributed by atoms with van der Waals surface area (Å²) in [6.45, 7) is 4.31. The number of hydrogen-bond donors (Lipinski definition) is 2. The summed E-state index contributed by atoms with van der Waals surface area (Å²) in [4.78, 5) is 0. The Labute approximate surface area is 107 Å². The van der Waals surface area contributed by atoms with Crippen LogP contribution >= 0.6 is 0 Å². The van der Waals surface area contributed by atoms with Gasteiger partial charge in [-0.3, -0.25) is 0 Å². The Morgan fingerprint density at radius 2 is 1.12 bits per heavy atom. The minimum absolute atomic E-state index is 0.201. The number of aliphatic hydroxyl groups is 2. The smallest absolute Gasteiger partial charge is 0.0541 e. The minimum atomic E-state index is -0.209. The molecular weight excluding hydrogens is 212 g/mol. The van der Waals surface area contributed by atoms with Gasteiger partial charge in [-0.1, -0.05) is 58.8 Å². The van der Waals surface area contributed by atoms with Crippen molar-refractivity contribution < 1.29 is 10.2 Å². The Morgan fingerprint density at radius 1 is 0.588 bits per heavy atom. The van der Waals surface area contributed by atoms with Crippen molar-refractivity contribution in [2.75, 3.05) is 0 Å². The molecule has 2 atom stereocenters. The van der Waals surface area contributed by atoms with E-state index in [0.29, 0.717) is 0 Å². The van der Waals surface area contributed by atoms with Gasteiger partial charge in [-0.05, 0) is 25.7 Å². The van der Waals surface area contributed by atoms with Crippen molar-refractivity contribution in [2.45, 2.75) is 96.7 Å². The molecule has 0 aliphatic rings. The molecular formula is C15H32O2. The Morgan fingerprint density at radius 3 is 1.71 bits per heavy atom. The molecule has 0 amide bonds. The zero-order valence-electron chi connectivity index (χ0n) is 11.8. The molecule has 0 rings (SSSR count). The maximum absolute atomic E-state index is 9.76. The third-order valence-electron chi connectivity index (χ3n) is 3.35. The first-order chi connectivity index (χ1) is 8.20. The molecule has 0 spiro atoms. The first kappa shape index (κ1) is 16.9. The van der Waals surface area contributed by atoms with E-state index in [4.69, 9.17) is 0 Å². The van der Waals surface area contributed by atoms with Crippen molar-refractivity contribution in [3.05, 3.63) is 0 Å². The monoisotopic (exact) mass is 244 g/mol. The van der Waals surface area contributed by atoms with Gasteiger partial charge < -0.3 is 10.2 Å². The van der Waals surface area contributed by atoms with E-state index < -0.39 is 0 Å². The van der Waals surface area contributed by atoms with Gasteiger partial charge in [-0.2, -0.15) is 0 Å². The molecule has 0 bridgehead atoms. The molecule has 0 aromatic rings. The highest BCUT2D eigenvalue weighted by Gasteiger charge is 2.08. The van der Waals surface area contributed by atoms with Gasteiger partial charge in [0.2, 0.25) is 0 Å². The summed E-state index contributed by atoms with van der Waals surface area (Å²) in [5, 5.41) is 19.3. The fourth-order valence-corrected chi connectivity index (χ4v) is 2.17. The Balaban J connectivity index is 3.25. The third-order valence-corrected chi connectivity index (χ3v) is 3.35. The number of unbranched alkanes of at least 4 members (excludes halogenated alkanes) is 5. The molecule has 0 saturated heterocycles. The molecule has 2 heteroatoms. The Hall–Kier alpha value is -0.0800. The molecule has 0 saturated carbocycles. The molecule has 0 aromatic heterocycles. The standard InChI is InChI=1S/C15H32O2/c1-3-5-6-7-8-9-11-15(17)13-12-14(16)10-4-2/h14-17H,3-13H2,1-2H3. The van der Waals surface area contributed by atoms with Crippen molar-refractivity contribution in [3.8, 4) is 0 Å². The molecule has 2 unspecified atom stereocenters. The average molecular weight is 244 g/mol. The van der Waals surface area contributed by atoms with Crippen LogP contribution in [-0.4, -0.2) is 22.4 Å². The molecule has 2 N–H and O–H groups in total. The molecule has 0 fully saturated rings. The predicted molar refractivity (Wildman–Crippen MR) is 74.1 cm³/mol. The van der Waals surface area contributed by atoms with Gasteiger partial charge in [0.25, 0.3) is 0 Å². The van der Waals surface area contributed by atoms with Crippen LogP contribution in [0.25, 0.3) is 0 Å². The van der Waals surface area contributed by atoms with Gasteiger partial charge in [0.15, 0.2) is 0 Å². The molecule has 104 valence electrons. The van der Waals surface area contributed by atoms with E-state index in [2.05, 4.69) is 13.8 Å². The van der Waals surface area contributed by atoms with E-state index in [1.165, 1.54) is 32.1 Å². The largest absolute Gasteiger partial charge is 0.393 e. The summed E-state index contributed by atoms with van der Waals surface area (Å²) in [7, 11) is 0. The molecule has 17 heavy (non-hydrogen) atoms. The predicted octanol–water partition coefficient (Wildman–Crippen LogP) is 4.04. The van der Waals surface area contributed by atoms with Crippen LogP contribution in [0, 0.1) is 0 Å². The van der Waals surface area contributed by atoms with E-state index >= 15 is 0 Å². The average Bonchev–Trinajstić information content (AvgIpc) is 2.31. The van der Waals surface area contributed by atoms with Gasteiger partial charge in [-0.25, -0.2) is 0 Å². The number of hydrogen-bond acceptors (Lipinski definition) is 2. The highest BCUT2D eigenvalue weighted by molar-refractivity contribution is 4.61. The van der Waals surface area contributed by atoms with E-state index in [1.54, 1.807) is 0 Å². The van der Waals surface area contributed by atoms with Crippen molar-refractivity contribution in [2.24, 2.45) is 0 Å². The van der Waals surface area contributed by atoms with E-state index in [0.717, 1.165) is 38.5 Å². The van der Waals surface area contributed by atoms with Crippen molar-refractivity contribution in [1.82, 2.24) is 0 Å². The first-order valence-corrected chi connectivity index (χ1v) is 7.56. The lowest BCUT2D eigenvalue weighted by Gasteiger charge is -2.13. The molecule has 0 aliphatic carbocycles. The van der Waals surface area contributed by atoms with Gasteiger partial charge >= 0.3 is 0 Å². The quantitative estimate of drug-likeness (QED) is 0.509.